The average molecular weight is 438 g/mol. The number of furan rings is 1. The lowest BCUT2D eigenvalue weighted by Gasteiger charge is -2.42. The fourth-order valence-corrected chi connectivity index (χ4v) is 4.40. The van der Waals surface area contributed by atoms with E-state index in [9.17, 15) is 4.79 Å². The van der Waals surface area contributed by atoms with Gasteiger partial charge in [-0.25, -0.2) is 0 Å². The molecular weight excluding hydrogens is 410 g/mol. The smallest absolute Gasteiger partial charge is 0.292 e. The second-order valence-corrected chi connectivity index (χ2v) is 10.1. The molecule has 1 aromatic carbocycles. The summed E-state index contributed by atoms with van der Waals surface area (Å²) in [6.45, 7) is 11.5. The fraction of sp³-hybridized carbons (Fsp3) is 0.400. The summed E-state index contributed by atoms with van der Waals surface area (Å²) in [5.74, 6) is 0.947. The number of aromatic nitrogens is 2. The number of carbonyl (C=O) groups is 1. The number of anilines is 1. The Bertz CT molecular complexity index is 1130. The predicted molar refractivity (Wildman–Crippen MR) is 123 cm³/mol. The monoisotopic (exact) mass is 437 g/mol. The number of halogens is 1. The number of hydrogen-bond donors (Lipinski definition) is 1. The second kappa shape index (κ2) is 7.79. The van der Waals surface area contributed by atoms with Gasteiger partial charge < -0.3 is 9.73 Å². The molecule has 1 aliphatic carbocycles. The van der Waals surface area contributed by atoms with Crippen molar-refractivity contribution in [2.45, 2.75) is 64.7 Å². The third-order valence-corrected chi connectivity index (χ3v) is 6.63. The molecule has 4 rings (SSSR count). The number of amides is 1. The summed E-state index contributed by atoms with van der Waals surface area (Å²) in [7, 11) is 0. The number of nitrogens with zero attached hydrogens (tertiary/aromatic N) is 2. The number of benzene rings is 1. The van der Waals surface area contributed by atoms with Gasteiger partial charge in [0.05, 0.1) is 0 Å². The van der Waals surface area contributed by atoms with Crippen molar-refractivity contribution in [1.82, 2.24) is 10.2 Å². The Labute approximate surface area is 188 Å². The van der Waals surface area contributed by atoms with Gasteiger partial charge in [-0.1, -0.05) is 51.4 Å². The minimum atomic E-state index is -0.368. The maximum absolute atomic E-state index is 12.5. The summed E-state index contributed by atoms with van der Waals surface area (Å²) in [5.41, 5.74) is 5.71. The van der Waals surface area contributed by atoms with Crippen molar-refractivity contribution in [3.05, 3.63) is 75.3 Å². The zero-order valence-electron chi connectivity index (χ0n) is 18.7. The largest absolute Gasteiger partial charge is 0.456 e. The van der Waals surface area contributed by atoms with Crippen LogP contribution in [0.1, 0.15) is 79.1 Å². The number of fused-ring (bicyclic) bond motifs is 1. The maximum atomic E-state index is 12.5. The van der Waals surface area contributed by atoms with E-state index in [2.05, 4.69) is 62.3 Å². The first-order valence-electron chi connectivity index (χ1n) is 10.6. The molecule has 1 N–H and O–H groups in total. The highest BCUT2D eigenvalue weighted by molar-refractivity contribution is 6.29. The summed E-state index contributed by atoms with van der Waals surface area (Å²) in [6.07, 6.45) is 3.01. The van der Waals surface area contributed by atoms with Crippen LogP contribution >= 0.6 is 11.6 Å². The van der Waals surface area contributed by atoms with E-state index in [0.717, 1.165) is 5.76 Å². The van der Waals surface area contributed by atoms with E-state index in [4.69, 9.17) is 16.0 Å². The lowest BCUT2D eigenvalue weighted by molar-refractivity contribution is 0.0994. The minimum absolute atomic E-state index is 0.154. The third-order valence-electron chi connectivity index (χ3n) is 6.43. The Morgan fingerprint density at radius 3 is 2.35 bits per heavy atom. The van der Waals surface area contributed by atoms with E-state index in [0.29, 0.717) is 12.2 Å². The van der Waals surface area contributed by atoms with Gasteiger partial charge in [0.25, 0.3) is 5.91 Å². The van der Waals surface area contributed by atoms with Crippen LogP contribution in [0.5, 0.6) is 0 Å². The van der Waals surface area contributed by atoms with Crippen molar-refractivity contribution in [2.24, 2.45) is 0 Å². The summed E-state index contributed by atoms with van der Waals surface area (Å²) in [5, 5.41) is 10.5. The maximum Gasteiger partial charge on any atom is 0.292 e. The van der Waals surface area contributed by atoms with Crippen molar-refractivity contribution in [3.63, 3.8) is 0 Å². The molecule has 1 aliphatic rings. The topological polar surface area (TPSA) is 68.0 Å². The van der Waals surface area contributed by atoms with Crippen LogP contribution in [0, 0.1) is 6.92 Å². The van der Waals surface area contributed by atoms with Crippen LogP contribution in [0.3, 0.4) is 0 Å². The van der Waals surface area contributed by atoms with Gasteiger partial charge in [-0.05, 0) is 77.1 Å². The average Bonchev–Trinajstić information content (AvgIpc) is 3.17. The summed E-state index contributed by atoms with van der Waals surface area (Å²) in [6, 6.07) is 11.4. The molecule has 3 aromatic rings. The van der Waals surface area contributed by atoms with Gasteiger partial charge in [0, 0.05) is 6.42 Å². The van der Waals surface area contributed by atoms with Crippen LogP contribution in [0.2, 0.25) is 5.15 Å². The van der Waals surface area contributed by atoms with Crippen LogP contribution in [0.4, 0.5) is 5.82 Å². The number of aryl methyl sites for hydroxylation is 1. The van der Waals surface area contributed by atoms with Crippen molar-refractivity contribution in [3.8, 4) is 0 Å². The molecule has 0 radical (unpaired) electrons. The van der Waals surface area contributed by atoms with Gasteiger partial charge in [0.1, 0.15) is 5.76 Å². The normalized spacial score (nSPS) is 16.6. The van der Waals surface area contributed by atoms with E-state index in [-0.39, 0.29) is 27.7 Å². The highest BCUT2D eigenvalue weighted by Crippen LogP contribution is 2.46. The van der Waals surface area contributed by atoms with Crippen LogP contribution in [0.25, 0.3) is 0 Å². The minimum Gasteiger partial charge on any atom is -0.456 e. The molecule has 0 unspecified atom stereocenters. The molecule has 2 heterocycles. The SMILES string of the molecule is Cc1cc2c(cc1Cc1ccc(C(=O)Nc3ccc(Cl)nn3)o1)C(C)(C)CCC2(C)C. The molecule has 162 valence electrons. The quantitative estimate of drug-likeness (QED) is 0.525. The van der Waals surface area contributed by atoms with E-state index >= 15 is 0 Å². The Hall–Kier alpha value is -2.66. The third kappa shape index (κ3) is 4.38. The lowest BCUT2D eigenvalue weighted by atomic mass is 9.62. The number of carbonyl (C=O) groups excluding carboxylic acids is 1. The summed E-state index contributed by atoms with van der Waals surface area (Å²) < 4.78 is 5.85. The molecule has 1 amide bonds. The molecule has 0 saturated carbocycles. The van der Waals surface area contributed by atoms with Gasteiger partial charge in [-0.2, -0.15) is 0 Å². The molecule has 0 aliphatic heterocycles. The Balaban J connectivity index is 1.56. The molecule has 0 fully saturated rings. The van der Waals surface area contributed by atoms with Crippen molar-refractivity contribution < 1.29 is 9.21 Å². The van der Waals surface area contributed by atoms with Crippen molar-refractivity contribution in [1.29, 1.82) is 0 Å². The molecular formula is C25H28ClN3O2. The van der Waals surface area contributed by atoms with E-state index in [1.165, 1.54) is 35.1 Å². The summed E-state index contributed by atoms with van der Waals surface area (Å²) >= 11 is 5.73. The molecule has 6 heteroatoms. The van der Waals surface area contributed by atoms with E-state index in [1.54, 1.807) is 18.2 Å². The van der Waals surface area contributed by atoms with Gasteiger partial charge in [0.2, 0.25) is 0 Å². The second-order valence-electron chi connectivity index (χ2n) is 9.73. The highest BCUT2D eigenvalue weighted by Gasteiger charge is 2.37. The first-order chi connectivity index (χ1) is 14.5. The molecule has 2 aromatic heterocycles. The highest BCUT2D eigenvalue weighted by atomic mass is 35.5. The zero-order valence-corrected chi connectivity index (χ0v) is 19.4. The van der Waals surface area contributed by atoms with Crippen LogP contribution in [-0.2, 0) is 17.3 Å². The number of hydrogen-bond acceptors (Lipinski definition) is 4. The van der Waals surface area contributed by atoms with Gasteiger partial charge >= 0.3 is 0 Å². The Kier molecular flexibility index (Phi) is 5.42. The van der Waals surface area contributed by atoms with Crippen LogP contribution in [-0.4, -0.2) is 16.1 Å². The first-order valence-corrected chi connectivity index (χ1v) is 11.0. The molecule has 0 bridgehead atoms. The predicted octanol–water partition coefficient (Wildman–Crippen LogP) is 6.22. The molecule has 5 nitrogen and oxygen atoms in total. The van der Waals surface area contributed by atoms with Gasteiger partial charge in [-0.3, -0.25) is 4.79 Å². The standard InChI is InChI=1S/C25H28ClN3O2/c1-15-12-18-19(25(4,5)11-10-24(18,2)3)14-16(15)13-17-6-7-20(31-17)23(30)27-22-9-8-21(26)28-29-22/h6-9,12,14H,10-11,13H2,1-5H3,(H,27,29,30). The van der Waals surface area contributed by atoms with Gasteiger partial charge in [0.15, 0.2) is 16.7 Å². The van der Waals surface area contributed by atoms with Crippen LogP contribution < -0.4 is 5.32 Å². The molecule has 0 spiro atoms. The van der Waals surface area contributed by atoms with Gasteiger partial charge in [-0.15, -0.1) is 10.2 Å². The van der Waals surface area contributed by atoms with E-state index in [1.807, 2.05) is 6.07 Å². The molecule has 31 heavy (non-hydrogen) atoms. The van der Waals surface area contributed by atoms with Crippen LogP contribution in [0.15, 0.2) is 40.8 Å². The molecule has 0 saturated heterocycles. The number of nitrogens with one attached hydrogen (secondary N) is 1. The molecule has 0 atom stereocenters. The fourth-order valence-electron chi connectivity index (χ4n) is 4.30. The summed E-state index contributed by atoms with van der Waals surface area (Å²) in [4.78, 5) is 12.5. The Morgan fingerprint density at radius 2 is 1.71 bits per heavy atom. The zero-order chi connectivity index (χ0) is 22.4. The van der Waals surface area contributed by atoms with Crippen molar-refractivity contribution >= 4 is 23.3 Å². The lowest BCUT2D eigenvalue weighted by Crippen LogP contribution is -2.34. The van der Waals surface area contributed by atoms with E-state index < -0.39 is 0 Å². The number of rotatable bonds is 4. The first kappa shape index (κ1) is 21.6. The Morgan fingerprint density at radius 1 is 1.03 bits per heavy atom. The van der Waals surface area contributed by atoms with Crippen molar-refractivity contribution in [2.75, 3.05) is 5.32 Å².